The zero-order valence-electron chi connectivity index (χ0n) is 18.3. The number of carbonyl (C=O) groups excluding carboxylic acids is 1. The molecule has 2 fully saturated rings. The maximum Gasteiger partial charge on any atom is 0.302 e. The molecule has 0 radical (unpaired) electrons. The molecule has 0 aromatic carbocycles. The van der Waals surface area contributed by atoms with Crippen LogP contribution in [0.25, 0.3) is 5.57 Å². The van der Waals surface area contributed by atoms with Gasteiger partial charge in [0.05, 0.1) is 0 Å². The maximum absolute atomic E-state index is 11.4. The molecule has 0 amide bonds. The van der Waals surface area contributed by atoms with Gasteiger partial charge in [0.1, 0.15) is 11.3 Å². The van der Waals surface area contributed by atoms with E-state index in [2.05, 4.69) is 37.0 Å². The van der Waals surface area contributed by atoms with Crippen molar-refractivity contribution >= 4 is 23.1 Å². The van der Waals surface area contributed by atoms with Crippen LogP contribution < -0.4 is 0 Å². The molecule has 4 aliphatic rings. The molecule has 30 heavy (non-hydrogen) atoms. The predicted molar refractivity (Wildman–Crippen MR) is 120 cm³/mol. The lowest BCUT2D eigenvalue weighted by Gasteiger charge is -2.57. The van der Waals surface area contributed by atoms with Gasteiger partial charge < -0.3 is 4.74 Å². The Morgan fingerprint density at radius 2 is 1.90 bits per heavy atom. The zero-order valence-corrected chi connectivity index (χ0v) is 19.0. The summed E-state index contributed by atoms with van der Waals surface area (Å²) >= 11 is 6.04. The normalized spacial score (nSPS) is 39.9. The third kappa shape index (κ3) is 3.07. The Morgan fingerprint density at radius 1 is 1.10 bits per heavy atom. The van der Waals surface area contributed by atoms with Crippen LogP contribution in [-0.2, 0) is 9.53 Å². The molecule has 3 nitrogen and oxygen atoms in total. The van der Waals surface area contributed by atoms with Gasteiger partial charge in [-0.3, -0.25) is 4.79 Å². The lowest BCUT2D eigenvalue weighted by molar-refractivity contribution is -0.148. The van der Waals surface area contributed by atoms with Gasteiger partial charge in [-0.05, 0) is 84.3 Å². The summed E-state index contributed by atoms with van der Waals surface area (Å²) in [5, 5.41) is 0.560. The second-order valence-corrected chi connectivity index (χ2v) is 10.8. The molecule has 2 saturated carbocycles. The third-order valence-corrected chi connectivity index (χ3v) is 9.23. The van der Waals surface area contributed by atoms with Gasteiger partial charge in [-0.15, -0.1) is 0 Å². The average Bonchev–Trinajstić information content (AvgIpc) is 3.06. The Bertz CT molecular complexity index is 919. The van der Waals surface area contributed by atoms with Crippen LogP contribution in [0.15, 0.2) is 36.1 Å². The highest BCUT2D eigenvalue weighted by atomic mass is 35.5. The van der Waals surface area contributed by atoms with Crippen molar-refractivity contribution < 1.29 is 9.53 Å². The van der Waals surface area contributed by atoms with Gasteiger partial charge in [-0.2, -0.15) is 0 Å². The monoisotopic (exact) mass is 425 g/mol. The third-order valence-electron chi connectivity index (χ3n) is 9.01. The first-order valence-corrected chi connectivity index (χ1v) is 11.9. The minimum atomic E-state index is -0.146. The summed E-state index contributed by atoms with van der Waals surface area (Å²) in [5.41, 5.74) is 4.77. The first kappa shape index (κ1) is 20.3. The molecule has 1 aromatic heterocycles. The molecule has 0 unspecified atom stereocenters. The van der Waals surface area contributed by atoms with Crippen LogP contribution in [0.5, 0.6) is 0 Å². The number of nitrogens with zero attached hydrogens (tertiary/aromatic N) is 1. The molecular weight excluding hydrogens is 394 g/mol. The smallest absolute Gasteiger partial charge is 0.302 e. The molecule has 4 heteroatoms. The minimum absolute atomic E-state index is 0.0735. The number of allylic oxidation sites excluding steroid dienone is 3. The molecular formula is C26H32ClNO2. The molecule has 0 N–H and O–H groups in total. The van der Waals surface area contributed by atoms with Crippen LogP contribution >= 0.6 is 11.6 Å². The summed E-state index contributed by atoms with van der Waals surface area (Å²) < 4.78 is 5.57. The van der Waals surface area contributed by atoms with Crippen molar-refractivity contribution in [1.29, 1.82) is 0 Å². The van der Waals surface area contributed by atoms with E-state index >= 15 is 0 Å². The van der Waals surface area contributed by atoms with Gasteiger partial charge in [0.25, 0.3) is 0 Å². The van der Waals surface area contributed by atoms with E-state index in [9.17, 15) is 4.79 Å². The first-order valence-electron chi connectivity index (χ1n) is 11.5. The Labute approximate surface area is 184 Å². The Hall–Kier alpha value is -1.61. The molecule has 0 spiro atoms. The van der Waals surface area contributed by atoms with Crippen molar-refractivity contribution in [3.8, 4) is 0 Å². The number of fused-ring (bicyclic) bond motifs is 5. The fourth-order valence-electron chi connectivity index (χ4n) is 7.51. The van der Waals surface area contributed by atoms with Gasteiger partial charge in [0.2, 0.25) is 0 Å². The van der Waals surface area contributed by atoms with Crippen molar-refractivity contribution in [3.63, 3.8) is 0 Å². The van der Waals surface area contributed by atoms with Crippen LogP contribution in [0.4, 0.5) is 0 Å². The van der Waals surface area contributed by atoms with Crippen molar-refractivity contribution in [2.24, 2.45) is 28.6 Å². The lowest BCUT2D eigenvalue weighted by Crippen LogP contribution is -2.50. The second kappa shape index (κ2) is 7.22. The summed E-state index contributed by atoms with van der Waals surface area (Å²) in [6.45, 7) is 6.51. The highest BCUT2D eigenvalue weighted by Crippen LogP contribution is 2.66. The Balaban J connectivity index is 1.40. The minimum Gasteiger partial charge on any atom is -0.462 e. The van der Waals surface area contributed by atoms with E-state index in [-0.39, 0.29) is 22.9 Å². The van der Waals surface area contributed by atoms with E-state index < -0.39 is 0 Å². The maximum atomic E-state index is 11.4. The molecule has 0 bridgehead atoms. The largest absolute Gasteiger partial charge is 0.462 e. The second-order valence-electron chi connectivity index (χ2n) is 10.4. The summed E-state index contributed by atoms with van der Waals surface area (Å²) in [6, 6.07) is 4.05. The van der Waals surface area contributed by atoms with Crippen LogP contribution in [0.2, 0.25) is 5.15 Å². The van der Waals surface area contributed by atoms with E-state index in [1.807, 2.05) is 12.3 Å². The predicted octanol–water partition coefficient (Wildman–Crippen LogP) is 6.62. The number of halogens is 1. The number of aromatic nitrogens is 1. The van der Waals surface area contributed by atoms with Crippen LogP contribution in [0.3, 0.4) is 0 Å². The van der Waals surface area contributed by atoms with Gasteiger partial charge in [-0.25, -0.2) is 4.98 Å². The number of carbonyl (C=O) groups is 1. The molecule has 0 saturated heterocycles. The summed E-state index contributed by atoms with van der Waals surface area (Å²) in [4.78, 5) is 15.8. The van der Waals surface area contributed by atoms with Crippen molar-refractivity contribution in [1.82, 2.24) is 4.98 Å². The van der Waals surface area contributed by atoms with Gasteiger partial charge in [-0.1, -0.05) is 49.2 Å². The van der Waals surface area contributed by atoms with E-state index in [4.69, 9.17) is 16.3 Å². The van der Waals surface area contributed by atoms with Crippen molar-refractivity contribution in [2.45, 2.75) is 71.8 Å². The van der Waals surface area contributed by atoms with E-state index in [1.54, 1.807) is 5.57 Å². The van der Waals surface area contributed by atoms with E-state index in [0.717, 1.165) is 31.1 Å². The van der Waals surface area contributed by atoms with Crippen LogP contribution in [0.1, 0.15) is 71.3 Å². The first-order chi connectivity index (χ1) is 14.3. The molecule has 6 atom stereocenters. The fourth-order valence-corrected chi connectivity index (χ4v) is 7.62. The summed E-state index contributed by atoms with van der Waals surface area (Å²) in [7, 11) is 0. The highest BCUT2D eigenvalue weighted by molar-refractivity contribution is 6.29. The van der Waals surface area contributed by atoms with Crippen molar-refractivity contribution in [2.75, 3.05) is 0 Å². The number of ether oxygens (including phenoxy) is 1. The van der Waals surface area contributed by atoms with Crippen LogP contribution in [0, 0.1) is 28.6 Å². The number of hydrogen-bond acceptors (Lipinski definition) is 3. The topological polar surface area (TPSA) is 39.2 Å². The average molecular weight is 426 g/mol. The van der Waals surface area contributed by atoms with Gasteiger partial charge in [0, 0.05) is 19.5 Å². The van der Waals surface area contributed by atoms with E-state index in [1.165, 1.54) is 43.7 Å². The standard InChI is InChI=1S/C26H32ClNO2/c1-16(29)30-19-10-12-25(2)18(14-19)5-6-20-22-8-7-21(17-4-9-24(27)28-15-17)26(22,3)13-11-23(20)25/h4-5,7,9,15,19-20,22-23H,6,8,10-14H2,1-3H3/t19-,20-,22-,23-,25-,26+/m0/s1. The van der Waals surface area contributed by atoms with Gasteiger partial charge in [0.15, 0.2) is 0 Å². The molecule has 5 rings (SSSR count). The molecule has 1 aromatic rings. The number of rotatable bonds is 2. The molecule has 1 heterocycles. The fraction of sp³-hybridized carbons (Fsp3) is 0.615. The number of esters is 1. The summed E-state index contributed by atoms with van der Waals surface area (Å²) in [6.07, 6.45) is 15.0. The van der Waals surface area contributed by atoms with Gasteiger partial charge >= 0.3 is 5.97 Å². The van der Waals surface area contributed by atoms with E-state index in [0.29, 0.717) is 11.1 Å². The lowest BCUT2D eigenvalue weighted by atomic mass is 9.47. The SMILES string of the molecule is CC(=O)O[C@H]1CC[C@@]2(C)C(=CC[C@@H]3[C@@H]2CC[C@]2(C)C(c4ccc(Cl)nc4)=CC[C@@H]32)C1. The Morgan fingerprint density at radius 3 is 2.63 bits per heavy atom. The van der Waals surface area contributed by atoms with Crippen molar-refractivity contribution in [3.05, 3.63) is 46.8 Å². The highest BCUT2D eigenvalue weighted by Gasteiger charge is 2.57. The number of hydrogen-bond donors (Lipinski definition) is 0. The number of pyridine rings is 1. The Kier molecular flexibility index (Phi) is 4.89. The molecule has 0 aliphatic heterocycles. The molecule has 160 valence electrons. The summed E-state index contributed by atoms with van der Waals surface area (Å²) in [5.74, 6) is 2.03. The van der Waals surface area contributed by atoms with Crippen LogP contribution in [-0.4, -0.2) is 17.1 Å². The quantitative estimate of drug-likeness (QED) is 0.303. The zero-order chi connectivity index (χ0) is 21.1. The molecule has 4 aliphatic carbocycles.